The lowest BCUT2D eigenvalue weighted by Gasteiger charge is -2.22. The second-order valence-electron chi connectivity index (χ2n) is 4.85. The van der Waals surface area contributed by atoms with Crippen molar-refractivity contribution in [2.24, 2.45) is 11.8 Å². The lowest BCUT2D eigenvalue weighted by Crippen LogP contribution is -2.42. The summed E-state index contributed by atoms with van der Waals surface area (Å²) >= 11 is 6.03. The monoisotopic (exact) mass is 272 g/mol. The summed E-state index contributed by atoms with van der Waals surface area (Å²) in [6, 6.07) is 4.56. The van der Waals surface area contributed by atoms with Gasteiger partial charge in [0.25, 0.3) is 0 Å². The third kappa shape index (κ3) is 3.20. The van der Waals surface area contributed by atoms with Gasteiger partial charge in [-0.05, 0) is 37.5 Å². The molecule has 3 N–H and O–H groups in total. The third-order valence-electron chi connectivity index (χ3n) is 3.47. The molecule has 3 nitrogen and oxygen atoms in total. The van der Waals surface area contributed by atoms with Crippen LogP contribution >= 0.6 is 11.6 Å². The molecule has 1 saturated heterocycles. The summed E-state index contributed by atoms with van der Waals surface area (Å²) in [6.45, 7) is 2.76. The van der Waals surface area contributed by atoms with Crippen LogP contribution in [0.15, 0.2) is 18.2 Å². The van der Waals surface area contributed by atoms with Crippen LogP contribution in [0.5, 0.6) is 0 Å². The largest absolute Gasteiger partial charge is 0.378 e. The molecule has 3 unspecified atom stereocenters. The predicted octanol–water partition coefficient (Wildman–Crippen LogP) is 2.28. The first kappa shape index (κ1) is 13.7. The van der Waals surface area contributed by atoms with Crippen LogP contribution in [0.25, 0.3) is 0 Å². The Bertz CT molecular complexity index is 416. The summed E-state index contributed by atoms with van der Waals surface area (Å²) in [4.78, 5) is 0. The van der Waals surface area contributed by atoms with Gasteiger partial charge in [-0.15, -0.1) is 0 Å². The van der Waals surface area contributed by atoms with Crippen molar-refractivity contribution in [3.8, 4) is 0 Å². The van der Waals surface area contributed by atoms with E-state index in [1.165, 1.54) is 12.1 Å². The highest BCUT2D eigenvalue weighted by molar-refractivity contribution is 6.31. The zero-order valence-electron chi connectivity index (χ0n) is 10.3. The maximum absolute atomic E-state index is 13.0. The lowest BCUT2D eigenvalue weighted by atomic mass is 9.92. The molecule has 0 saturated carbocycles. The molecule has 1 fully saturated rings. The Kier molecular flexibility index (Phi) is 4.56. The minimum absolute atomic E-state index is 0.0953. The molecule has 5 heteroatoms. The number of benzene rings is 1. The van der Waals surface area contributed by atoms with Gasteiger partial charge >= 0.3 is 0 Å². The quantitative estimate of drug-likeness (QED) is 0.653. The Morgan fingerprint density at radius 2 is 2.39 bits per heavy atom. The fraction of sp³-hybridized carbons (Fsp3) is 0.538. The van der Waals surface area contributed by atoms with Crippen molar-refractivity contribution in [1.29, 1.82) is 0 Å². The summed E-state index contributed by atoms with van der Waals surface area (Å²) in [7, 11) is 0. The van der Waals surface area contributed by atoms with Crippen molar-refractivity contribution in [2.75, 3.05) is 6.61 Å². The number of nitrogens with one attached hydrogen (secondary N) is 1. The lowest BCUT2D eigenvalue weighted by molar-refractivity contribution is 0.117. The predicted molar refractivity (Wildman–Crippen MR) is 69.7 cm³/mol. The molecular formula is C13H18ClFN2O. The number of nitrogens with two attached hydrogens (primary N) is 1. The zero-order valence-corrected chi connectivity index (χ0v) is 11.1. The van der Waals surface area contributed by atoms with Crippen molar-refractivity contribution in [2.45, 2.75) is 31.9 Å². The van der Waals surface area contributed by atoms with Gasteiger partial charge in [-0.25, -0.2) is 4.39 Å². The summed E-state index contributed by atoms with van der Waals surface area (Å²) in [5.41, 5.74) is 3.73. The summed E-state index contributed by atoms with van der Waals surface area (Å²) in [5, 5.41) is 0.446. The van der Waals surface area contributed by atoms with Gasteiger partial charge in [-0.2, -0.15) is 0 Å². The van der Waals surface area contributed by atoms with Crippen LogP contribution < -0.4 is 11.3 Å². The van der Waals surface area contributed by atoms with Crippen molar-refractivity contribution in [3.05, 3.63) is 34.6 Å². The van der Waals surface area contributed by atoms with Crippen LogP contribution in [0.3, 0.4) is 0 Å². The molecule has 3 atom stereocenters. The van der Waals surface area contributed by atoms with Crippen LogP contribution in [-0.2, 0) is 11.2 Å². The minimum Gasteiger partial charge on any atom is -0.378 e. The van der Waals surface area contributed by atoms with Crippen molar-refractivity contribution >= 4 is 11.6 Å². The zero-order chi connectivity index (χ0) is 13.1. The van der Waals surface area contributed by atoms with Gasteiger partial charge < -0.3 is 4.74 Å². The maximum Gasteiger partial charge on any atom is 0.124 e. The van der Waals surface area contributed by atoms with Gasteiger partial charge in [0, 0.05) is 17.0 Å². The second kappa shape index (κ2) is 5.97. The van der Waals surface area contributed by atoms with E-state index in [0.717, 1.165) is 12.0 Å². The standard InChI is InChI=1S/C13H18ClFN2O/c1-8-4-10(7-18-8)13(17-16)5-9-2-3-11(15)6-12(9)14/h2-3,6,8,10,13,17H,4-5,7,16H2,1H3. The molecule has 0 aromatic heterocycles. The average Bonchev–Trinajstić information content (AvgIpc) is 2.75. The van der Waals surface area contributed by atoms with Crippen molar-refractivity contribution in [3.63, 3.8) is 0 Å². The van der Waals surface area contributed by atoms with E-state index in [4.69, 9.17) is 22.2 Å². The van der Waals surface area contributed by atoms with E-state index in [1.807, 2.05) is 0 Å². The molecule has 18 heavy (non-hydrogen) atoms. The second-order valence-corrected chi connectivity index (χ2v) is 5.26. The molecule has 0 spiro atoms. The molecule has 1 aliphatic heterocycles. The number of ether oxygens (including phenoxy) is 1. The van der Waals surface area contributed by atoms with Gasteiger partial charge in [0.2, 0.25) is 0 Å². The normalized spacial score (nSPS) is 25.3. The van der Waals surface area contributed by atoms with Crippen LogP contribution in [0.4, 0.5) is 4.39 Å². The summed E-state index contributed by atoms with van der Waals surface area (Å²) < 4.78 is 18.5. The first-order valence-electron chi connectivity index (χ1n) is 6.11. The van der Waals surface area contributed by atoms with E-state index in [1.54, 1.807) is 6.07 Å². The molecule has 1 heterocycles. The molecule has 1 aromatic rings. The van der Waals surface area contributed by atoms with Crippen molar-refractivity contribution in [1.82, 2.24) is 5.43 Å². The highest BCUT2D eigenvalue weighted by Gasteiger charge is 2.29. The molecule has 0 radical (unpaired) electrons. The first-order chi connectivity index (χ1) is 8.60. The Labute approximate surface area is 111 Å². The fourth-order valence-corrected chi connectivity index (χ4v) is 2.66. The highest BCUT2D eigenvalue weighted by atomic mass is 35.5. The Morgan fingerprint density at radius 1 is 1.61 bits per heavy atom. The van der Waals surface area contributed by atoms with Crippen LogP contribution in [0.1, 0.15) is 18.9 Å². The van der Waals surface area contributed by atoms with E-state index < -0.39 is 0 Å². The van der Waals surface area contributed by atoms with E-state index >= 15 is 0 Å². The highest BCUT2D eigenvalue weighted by Crippen LogP contribution is 2.26. The first-order valence-corrected chi connectivity index (χ1v) is 6.49. The average molecular weight is 273 g/mol. The van der Waals surface area contributed by atoms with Crippen molar-refractivity contribution < 1.29 is 9.13 Å². The Hall–Kier alpha value is -0.680. The molecule has 2 rings (SSSR count). The van der Waals surface area contributed by atoms with Gasteiger partial charge in [-0.3, -0.25) is 11.3 Å². The van der Waals surface area contributed by atoms with E-state index in [2.05, 4.69) is 12.3 Å². The Balaban J connectivity index is 2.05. The number of hydrogen-bond donors (Lipinski definition) is 2. The SMILES string of the molecule is CC1CC(C(Cc2ccc(F)cc2Cl)NN)CO1. The number of hydrogen-bond acceptors (Lipinski definition) is 3. The van der Waals surface area contributed by atoms with Crippen LogP contribution in [0, 0.1) is 11.7 Å². The minimum atomic E-state index is -0.321. The van der Waals surface area contributed by atoms with Gasteiger partial charge in [-0.1, -0.05) is 17.7 Å². The van der Waals surface area contributed by atoms with E-state index in [0.29, 0.717) is 24.0 Å². The van der Waals surface area contributed by atoms with Gasteiger partial charge in [0.15, 0.2) is 0 Å². The molecular weight excluding hydrogens is 255 g/mol. The van der Waals surface area contributed by atoms with Crippen LogP contribution in [-0.4, -0.2) is 18.8 Å². The number of hydrazine groups is 1. The van der Waals surface area contributed by atoms with Gasteiger partial charge in [0.1, 0.15) is 5.82 Å². The summed E-state index contributed by atoms with van der Waals surface area (Å²) in [5.74, 6) is 5.65. The molecule has 1 aromatic carbocycles. The topological polar surface area (TPSA) is 47.3 Å². The number of halogens is 2. The van der Waals surface area contributed by atoms with E-state index in [-0.39, 0.29) is 18.0 Å². The molecule has 1 aliphatic rings. The smallest absolute Gasteiger partial charge is 0.124 e. The molecule has 100 valence electrons. The Morgan fingerprint density at radius 3 is 2.94 bits per heavy atom. The fourth-order valence-electron chi connectivity index (χ4n) is 2.42. The maximum atomic E-state index is 13.0. The van der Waals surface area contributed by atoms with Crippen LogP contribution in [0.2, 0.25) is 5.02 Å². The molecule has 0 bridgehead atoms. The molecule has 0 amide bonds. The van der Waals surface area contributed by atoms with Gasteiger partial charge in [0.05, 0.1) is 12.7 Å². The summed E-state index contributed by atoms with van der Waals surface area (Å²) in [6.07, 6.45) is 1.93. The molecule has 0 aliphatic carbocycles. The number of rotatable bonds is 4. The third-order valence-corrected chi connectivity index (χ3v) is 3.82. The van der Waals surface area contributed by atoms with E-state index in [9.17, 15) is 4.39 Å².